The van der Waals surface area contributed by atoms with Crippen molar-refractivity contribution >= 4 is 48.7 Å². The molecule has 21 heavy (non-hydrogen) atoms. The molecule has 2 rings (SSSR count). The average molecular weight is 418 g/mol. The molecule has 1 atom stereocenters. The predicted octanol–water partition coefficient (Wildman–Crippen LogP) is 3.97. The molecule has 1 amide bonds. The molecule has 0 aliphatic carbocycles. The smallest absolute Gasteiger partial charge is 0.253 e. The zero-order chi connectivity index (χ0) is 15.6. The number of carbonyl (C=O) groups is 1. The number of aliphatic hydroxyl groups excluding tert-OH is 1. The van der Waals surface area contributed by atoms with E-state index in [1.54, 1.807) is 6.20 Å². The van der Waals surface area contributed by atoms with E-state index in [4.69, 9.17) is 5.11 Å². The number of rotatable bonds is 5. The van der Waals surface area contributed by atoms with Crippen LogP contribution in [0.3, 0.4) is 0 Å². The van der Waals surface area contributed by atoms with Crippen LogP contribution in [0.25, 0.3) is 10.9 Å². The summed E-state index contributed by atoms with van der Waals surface area (Å²) in [4.78, 5) is 15.6. The number of nitrogens with one attached hydrogen (secondary N) is 2. The van der Waals surface area contributed by atoms with E-state index in [0.717, 1.165) is 26.3 Å². The molecule has 0 aliphatic rings. The van der Waals surface area contributed by atoms with Gasteiger partial charge in [-0.25, -0.2) is 0 Å². The van der Waals surface area contributed by atoms with Gasteiger partial charge in [0, 0.05) is 38.2 Å². The van der Waals surface area contributed by atoms with Crippen LogP contribution in [0.1, 0.15) is 37.0 Å². The van der Waals surface area contributed by atoms with Gasteiger partial charge in [0.1, 0.15) is 0 Å². The van der Waals surface area contributed by atoms with Crippen molar-refractivity contribution in [1.82, 2.24) is 10.3 Å². The highest BCUT2D eigenvalue weighted by molar-refractivity contribution is 9.13. The first-order valence-electron chi connectivity index (χ1n) is 6.79. The van der Waals surface area contributed by atoms with Crippen molar-refractivity contribution in [2.24, 2.45) is 0 Å². The van der Waals surface area contributed by atoms with E-state index in [2.05, 4.69) is 42.2 Å². The Morgan fingerprint density at radius 2 is 2.05 bits per heavy atom. The molecule has 1 aromatic heterocycles. The van der Waals surface area contributed by atoms with Gasteiger partial charge in [0.15, 0.2) is 0 Å². The molecular formula is C15H18Br2N2O2. The first kappa shape index (κ1) is 16.5. The minimum atomic E-state index is -0.401. The molecule has 0 saturated carbocycles. The lowest BCUT2D eigenvalue weighted by molar-refractivity contribution is 0.0888. The third-order valence-corrected chi connectivity index (χ3v) is 5.67. The molecule has 0 saturated heterocycles. The van der Waals surface area contributed by atoms with Crippen LogP contribution in [-0.4, -0.2) is 28.1 Å². The number of fused-ring (bicyclic) bond motifs is 1. The van der Waals surface area contributed by atoms with Crippen molar-refractivity contribution < 1.29 is 9.90 Å². The summed E-state index contributed by atoms with van der Waals surface area (Å²) in [5.74, 6) is -0.131. The van der Waals surface area contributed by atoms with Gasteiger partial charge in [0.25, 0.3) is 5.91 Å². The molecular weight excluding hydrogens is 400 g/mol. The van der Waals surface area contributed by atoms with Crippen LogP contribution in [0.5, 0.6) is 0 Å². The summed E-state index contributed by atoms with van der Waals surface area (Å²) < 4.78 is 1.83. The van der Waals surface area contributed by atoms with Crippen molar-refractivity contribution in [1.29, 1.82) is 0 Å². The first-order valence-corrected chi connectivity index (χ1v) is 8.38. The Labute approximate surface area is 140 Å². The maximum atomic E-state index is 12.5. The highest BCUT2D eigenvalue weighted by Gasteiger charge is 2.25. The predicted molar refractivity (Wildman–Crippen MR) is 91.6 cm³/mol. The van der Waals surface area contributed by atoms with Gasteiger partial charge in [0.05, 0.1) is 5.56 Å². The number of halogens is 2. The number of benzene rings is 1. The van der Waals surface area contributed by atoms with Gasteiger partial charge in [-0.15, -0.1) is 0 Å². The fourth-order valence-electron chi connectivity index (χ4n) is 2.22. The third kappa shape index (κ3) is 3.49. The number of hydrogen-bond donors (Lipinski definition) is 3. The highest BCUT2D eigenvalue weighted by atomic mass is 79.9. The quantitative estimate of drug-likeness (QED) is 0.688. The van der Waals surface area contributed by atoms with Gasteiger partial charge < -0.3 is 15.4 Å². The monoisotopic (exact) mass is 416 g/mol. The van der Waals surface area contributed by atoms with Crippen molar-refractivity contribution in [2.45, 2.75) is 32.2 Å². The van der Waals surface area contributed by atoms with Crippen molar-refractivity contribution in [2.75, 3.05) is 6.61 Å². The Bertz CT molecular complexity index is 669. The van der Waals surface area contributed by atoms with E-state index in [-0.39, 0.29) is 12.5 Å². The zero-order valence-corrected chi connectivity index (χ0v) is 15.1. The second-order valence-electron chi connectivity index (χ2n) is 5.36. The Kier molecular flexibility index (Phi) is 5.11. The Morgan fingerprint density at radius 1 is 1.38 bits per heavy atom. The third-order valence-electron chi connectivity index (χ3n) is 3.83. The van der Waals surface area contributed by atoms with E-state index >= 15 is 0 Å². The Balaban J connectivity index is 2.34. The van der Waals surface area contributed by atoms with Crippen molar-refractivity contribution in [3.05, 3.63) is 32.8 Å². The van der Waals surface area contributed by atoms with Gasteiger partial charge in [-0.2, -0.15) is 0 Å². The fourth-order valence-corrected chi connectivity index (χ4v) is 2.91. The number of aliphatic hydroxyl groups is 1. The molecule has 0 fully saturated rings. The van der Waals surface area contributed by atoms with Crippen LogP contribution in [-0.2, 0) is 0 Å². The van der Waals surface area contributed by atoms with E-state index in [1.165, 1.54) is 0 Å². The standard InChI is InChI=1S/C15H18Br2N2O2/c1-3-15(2,4-5-20)19-14(21)10-8-18-13-7-12(17)11(16)6-9(10)13/h6-8,18,20H,3-5H2,1-2H3,(H,19,21). The summed E-state index contributed by atoms with van der Waals surface area (Å²) in [5, 5.41) is 13.0. The maximum Gasteiger partial charge on any atom is 0.253 e. The number of H-pyrrole nitrogens is 1. The molecule has 4 nitrogen and oxygen atoms in total. The number of amides is 1. The Hall–Kier alpha value is -0.850. The lowest BCUT2D eigenvalue weighted by Gasteiger charge is -2.28. The van der Waals surface area contributed by atoms with E-state index in [1.807, 2.05) is 26.0 Å². The normalized spacial score (nSPS) is 14.1. The molecule has 1 aromatic carbocycles. The number of carbonyl (C=O) groups excluding carboxylic acids is 1. The number of hydrogen-bond acceptors (Lipinski definition) is 2. The first-order chi connectivity index (χ1) is 9.90. The summed E-state index contributed by atoms with van der Waals surface area (Å²) in [6.45, 7) is 4.00. The zero-order valence-electron chi connectivity index (χ0n) is 12.0. The second kappa shape index (κ2) is 6.50. The van der Waals surface area contributed by atoms with Crippen molar-refractivity contribution in [3.63, 3.8) is 0 Å². The summed E-state index contributed by atoms with van der Waals surface area (Å²) in [6, 6.07) is 3.85. The lowest BCUT2D eigenvalue weighted by Crippen LogP contribution is -2.46. The van der Waals surface area contributed by atoms with Gasteiger partial charge >= 0.3 is 0 Å². The van der Waals surface area contributed by atoms with E-state index < -0.39 is 5.54 Å². The Morgan fingerprint density at radius 3 is 2.67 bits per heavy atom. The molecule has 0 aliphatic heterocycles. The van der Waals surface area contributed by atoms with Crippen LogP contribution in [0.15, 0.2) is 27.3 Å². The molecule has 114 valence electrons. The van der Waals surface area contributed by atoms with Gasteiger partial charge in [0.2, 0.25) is 0 Å². The molecule has 0 bridgehead atoms. The number of aromatic nitrogens is 1. The summed E-state index contributed by atoms with van der Waals surface area (Å²) in [5.41, 5.74) is 1.11. The highest BCUT2D eigenvalue weighted by Crippen LogP contribution is 2.30. The average Bonchev–Trinajstić information content (AvgIpc) is 2.82. The van der Waals surface area contributed by atoms with Gasteiger partial charge in [-0.05, 0) is 63.8 Å². The topological polar surface area (TPSA) is 65.1 Å². The SMILES string of the molecule is CCC(C)(CCO)NC(=O)c1c[nH]c2cc(Br)c(Br)cc12. The summed E-state index contributed by atoms with van der Waals surface area (Å²) >= 11 is 6.91. The van der Waals surface area contributed by atoms with Crippen molar-refractivity contribution in [3.8, 4) is 0 Å². The molecule has 0 spiro atoms. The summed E-state index contributed by atoms with van der Waals surface area (Å²) in [7, 11) is 0. The van der Waals surface area contributed by atoms with E-state index in [0.29, 0.717) is 12.0 Å². The second-order valence-corrected chi connectivity index (χ2v) is 7.06. The van der Waals surface area contributed by atoms with Gasteiger partial charge in [-0.1, -0.05) is 6.92 Å². The van der Waals surface area contributed by atoms with Crippen LogP contribution < -0.4 is 5.32 Å². The number of aromatic amines is 1. The van der Waals surface area contributed by atoms with E-state index in [9.17, 15) is 4.79 Å². The molecule has 1 unspecified atom stereocenters. The largest absolute Gasteiger partial charge is 0.396 e. The summed E-state index contributed by atoms with van der Waals surface area (Å²) in [6.07, 6.45) is 3.01. The lowest BCUT2D eigenvalue weighted by atomic mass is 9.94. The molecule has 1 heterocycles. The van der Waals surface area contributed by atoms with Crippen LogP contribution in [0, 0.1) is 0 Å². The molecule has 3 N–H and O–H groups in total. The molecule has 0 radical (unpaired) electrons. The minimum Gasteiger partial charge on any atom is -0.396 e. The van der Waals surface area contributed by atoms with Crippen LogP contribution in [0.2, 0.25) is 0 Å². The maximum absolute atomic E-state index is 12.5. The minimum absolute atomic E-state index is 0.0526. The van der Waals surface area contributed by atoms with Crippen LogP contribution in [0.4, 0.5) is 0 Å². The molecule has 2 aromatic rings. The molecule has 6 heteroatoms. The van der Waals surface area contributed by atoms with Gasteiger partial charge in [-0.3, -0.25) is 4.79 Å². The fraction of sp³-hybridized carbons (Fsp3) is 0.400. The van der Waals surface area contributed by atoms with Crippen LogP contribution >= 0.6 is 31.9 Å².